The number of hydrogen-bond acceptors (Lipinski definition) is 8. The lowest BCUT2D eigenvalue weighted by Gasteiger charge is -2.24. The SMILES string of the molecule is CN(C)c1cc[n+](CC(=O)ON=C2C(=O)C3CCCC([N+](=O)[O-])C3C2=O)cc1. The van der Waals surface area contributed by atoms with Crippen molar-refractivity contribution in [3.05, 3.63) is 34.6 Å². The van der Waals surface area contributed by atoms with E-state index < -0.39 is 46.0 Å². The third-order valence-electron chi connectivity index (χ3n) is 5.18. The van der Waals surface area contributed by atoms with Gasteiger partial charge < -0.3 is 9.74 Å². The number of anilines is 1. The molecule has 2 aliphatic carbocycles. The number of nitrogens with zero attached hydrogens (tertiary/aromatic N) is 4. The molecule has 1 heterocycles. The van der Waals surface area contributed by atoms with Crippen molar-refractivity contribution >= 4 is 28.9 Å². The molecule has 148 valence electrons. The Morgan fingerprint density at radius 1 is 1.29 bits per heavy atom. The fourth-order valence-electron chi connectivity index (χ4n) is 3.73. The van der Waals surface area contributed by atoms with Crippen molar-refractivity contribution in [2.75, 3.05) is 19.0 Å². The summed E-state index contributed by atoms with van der Waals surface area (Å²) in [6, 6.07) is 2.53. The highest BCUT2D eigenvalue weighted by Crippen LogP contribution is 2.38. The summed E-state index contributed by atoms with van der Waals surface area (Å²) in [5.41, 5.74) is 0.458. The maximum Gasteiger partial charge on any atom is 0.399 e. The molecular weight excluding hydrogens is 368 g/mol. The van der Waals surface area contributed by atoms with E-state index in [1.54, 1.807) is 17.0 Å². The minimum Gasteiger partial charge on any atom is -0.377 e. The number of nitro groups is 1. The van der Waals surface area contributed by atoms with Gasteiger partial charge in [0.1, 0.15) is 5.92 Å². The highest BCUT2D eigenvalue weighted by Gasteiger charge is 2.56. The molecule has 0 amide bonds. The van der Waals surface area contributed by atoms with Crippen LogP contribution in [0.4, 0.5) is 5.69 Å². The smallest absolute Gasteiger partial charge is 0.377 e. The van der Waals surface area contributed by atoms with Crippen LogP contribution in [0.1, 0.15) is 19.3 Å². The normalized spacial score (nSPS) is 25.5. The lowest BCUT2D eigenvalue weighted by molar-refractivity contribution is -0.685. The van der Waals surface area contributed by atoms with Gasteiger partial charge in [-0.05, 0) is 12.8 Å². The molecule has 0 spiro atoms. The zero-order valence-electron chi connectivity index (χ0n) is 15.6. The second-order valence-corrected chi connectivity index (χ2v) is 7.17. The van der Waals surface area contributed by atoms with Crippen LogP contribution in [-0.2, 0) is 25.8 Å². The maximum absolute atomic E-state index is 12.5. The van der Waals surface area contributed by atoms with Gasteiger partial charge >= 0.3 is 5.97 Å². The van der Waals surface area contributed by atoms with Crippen LogP contribution in [0.15, 0.2) is 29.7 Å². The monoisotopic (exact) mass is 389 g/mol. The number of rotatable bonds is 5. The molecule has 10 nitrogen and oxygen atoms in total. The molecule has 0 bridgehead atoms. The number of hydrogen-bond donors (Lipinski definition) is 0. The zero-order valence-corrected chi connectivity index (χ0v) is 15.6. The van der Waals surface area contributed by atoms with Crippen LogP contribution in [0.25, 0.3) is 0 Å². The predicted molar refractivity (Wildman–Crippen MR) is 96.1 cm³/mol. The molecule has 2 fully saturated rings. The zero-order chi connectivity index (χ0) is 20.4. The minimum atomic E-state index is -1.09. The molecule has 0 radical (unpaired) electrons. The van der Waals surface area contributed by atoms with E-state index in [-0.39, 0.29) is 13.0 Å². The largest absolute Gasteiger partial charge is 0.399 e. The Bertz CT molecular complexity index is 848. The summed E-state index contributed by atoms with van der Waals surface area (Å²) in [4.78, 5) is 54.2. The molecule has 3 atom stereocenters. The van der Waals surface area contributed by atoms with Crippen LogP contribution in [0, 0.1) is 22.0 Å². The van der Waals surface area contributed by atoms with E-state index in [0.717, 1.165) is 5.69 Å². The summed E-state index contributed by atoms with van der Waals surface area (Å²) in [7, 11) is 3.78. The molecule has 0 saturated heterocycles. The second kappa shape index (κ2) is 7.83. The van der Waals surface area contributed by atoms with Crippen molar-refractivity contribution in [1.82, 2.24) is 0 Å². The molecule has 3 rings (SSSR count). The van der Waals surface area contributed by atoms with Crippen molar-refractivity contribution < 1.29 is 28.7 Å². The van der Waals surface area contributed by atoms with Gasteiger partial charge in [-0.25, -0.2) is 4.79 Å². The van der Waals surface area contributed by atoms with E-state index in [1.807, 2.05) is 31.1 Å². The van der Waals surface area contributed by atoms with E-state index in [1.165, 1.54) is 0 Å². The number of carbonyl (C=O) groups is 3. The lowest BCUT2D eigenvalue weighted by atomic mass is 9.77. The van der Waals surface area contributed by atoms with E-state index in [4.69, 9.17) is 4.84 Å². The van der Waals surface area contributed by atoms with Crippen LogP contribution >= 0.6 is 0 Å². The van der Waals surface area contributed by atoms with Gasteiger partial charge in [-0.15, -0.1) is 0 Å². The fourth-order valence-corrected chi connectivity index (χ4v) is 3.73. The average Bonchev–Trinajstić information content (AvgIpc) is 2.91. The molecule has 28 heavy (non-hydrogen) atoms. The van der Waals surface area contributed by atoms with Gasteiger partial charge in [0.15, 0.2) is 29.7 Å². The Hall–Kier alpha value is -3.17. The van der Waals surface area contributed by atoms with E-state index >= 15 is 0 Å². The molecular formula is C18H21N4O6+. The number of Topliss-reactive ketones (excluding diaryl/α,β-unsaturated/α-hetero) is 2. The summed E-state index contributed by atoms with van der Waals surface area (Å²) >= 11 is 0. The molecule has 0 N–H and O–H groups in total. The van der Waals surface area contributed by atoms with E-state index in [0.29, 0.717) is 12.8 Å². The maximum atomic E-state index is 12.5. The van der Waals surface area contributed by atoms with Crippen LogP contribution in [0.5, 0.6) is 0 Å². The number of fused-ring (bicyclic) bond motifs is 1. The Labute approximate surface area is 160 Å². The first kappa shape index (κ1) is 19.6. The predicted octanol–water partition coefficient (Wildman–Crippen LogP) is 0.153. The van der Waals surface area contributed by atoms with Crippen molar-refractivity contribution in [3.63, 3.8) is 0 Å². The van der Waals surface area contributed by atoms with Crippen LogP contribution < -0.4 is 9.47 Å². The highest BCUT2D eigenvalue weighted by molar-refractivity contribution is 6.70. The number of oxime groups is 1. The van der Waals surface area contributed by atoms with Gasteiger partial charge in [-0.3, -0.25) is 19.7 Å². The van der Waals surface area contributed by atoms with Gasteiger partial charge in [-0.2, -0.15) is 4.57 Å². The Morgan fingerprint density at radius 3 is 2.57 bits per heavy atom. The number of ketones is 2. The summed E-state index contributed by atoms with van der Waals surface area (Å²) in [6.07, 6.45) is 4.52. The lowest BCUT2D eigenvalue weighted by Crippen LogP contribution is -2.39. The minimum absolute atomic E-state index is 0.156. The Kier molecular flexibility index (Phi) is 5.48. The fraction of sp³-hybridized carbons (Fsp3) is 0.500. The molecule has 1 aromatic heterocycles. The average molecular weight is 389 g/mol. The first-order chi connectivity index (χ1) is 13.3. The molecule has 1 aromatic rings. The quantitative estimate of drug-likeness (QED) is 0.304. The summed E-state index contributed by atoms with van der Waals surface area (Å²) < 4.78 is 1.57. The standard InChI is InChI=1S/C18H21N4O6/c1-20(2)11-6-8-21(9-7-11)10-14(23)28-19-16-17(24)12-4-3-5-13(22(26)27)15(12)18(16)25/h6-9,12-13,15H,3-5,10H2,1-2H3/q+1. The first-order valence-corrected chi connectivity index (χ1v) is 8.95. The van der Waals surface area contributed by atoms with Crippen molar-refractivity contribution in [3.8, 4) is 0 Å². The number of pyridine rings is 1. The highest BCUT2D eigenvalue weighted by atomic mass is 16.7. The van der Waals surface area contributed by atoms with Gasteiger partial charge in [0.05, 0.1) is 0 Å². The summed E-state index contributed by atoms with van der Waals surface area (Å²) in [5.74, 6) is -3.79. The van der Waals surface area contributed by atoms with Crippen molar-refractivity contribution in [1.29, 1.82) is 0 Å². The van der Waals surface area contributed by atoms with Crippen LogP contribution in [-0.4, -0.2) is 48.3 Å². The third kappa shape index (κ3) is 3.75. The topological polar surface area (TPSA) is 123 Å². The molecule has 3 unspecified atom stereocenters. The van der Waals surface area contributed by atoms with Crippen LogP contribution in [0.2, 0.25) is 0 Å². The summed E-state index contributed by atoms with van der Waals surface area (Å²) in [5, 5.41) is 14.7. The first-order valence-electron chi connectivity index (χ1n) is 8.95. The van der Waals surface area contributed by atoms with Gasteiger partial charge in [0.2, 0.25) is 12.6 Å². The number of carbonyl (C=O) groups excluding carboxylic acids is 3. The van der Waals surface area contributed by atoms with Gasteiger partial charge in [0.25, 0.3) is 0 Å². The third-order valence-corrected chi connectivity index (χ3v) is 5.18. The van der Waals surface area contributed by atoms with Gasteiger partial charge in [-0.1, -0.05) is 5.16 Å². The van der Waals surface area contributed by atoms with E-state index in [9.17, 15) is 24.5 Å². The Morgan fingerprint density at radius 2 is 1.96 bits per heavy atom. The van der Waals surface area contributed by atoms with Gasteiger partial charge in [0, 0.05) is 49.2 Å². The molecule has 0 aromatic carbocycles. The second-order valence-electron chi connectivity index (χ2n) is 7.17. The van der Waals surface area contributed by atoms with Crippen molar-refractivity contribution in [2.45, 2.75) is 31.8 Å². The molecule has 10 heteroatoms. The van der Waals surface area contributed by atoms with E-state index in [2.05, 4.69) is 5.16 Å². The summed E-state index contributed by atoms with van der Waals surface area (Å²) in [6.45, 7) is -0.156. The van der Waals surface area contributed by atoms with Crippen LogP contribution in [0.3, 0.4) is 0 Å². The Balaban J connectivity index is 1.68. The number of aromatic nitrogens is 1. The molecule has 2 aliphatic rings. The molecule has 0 aliphatic heterocycles. The van der Waals surface area contributed by atoms with Crippen molar-refractivity contribution in [2.24, 2.45) is 17.0 Å². The molecule has 2 saturated carbocycles.